The highest BCUT2D eigenvalue weighted by Gasteiger charge is 2.12. The molecule has 120 valence electrons. The van der Waals surface area contributed by atoms with Crippen LogP contribution >= 0.6 is 0 Å². The number of benzene rings is 1. The van der Waals surface area contributed by atoms with Crippen molar-refractivity contribution in [2.75, 3.05) is 0 Å². The fourth-order valence-corrected chi connectivity index (χ4v) is 2.53. The number of hydrogen-bond acceptors (Lipinski definition) is 3. The Bertz CT molecular complexity index is 566. The molecule has 2 aromatic rings. The van der Waals surface area contributed by atoms with E-state index >= 15 is 0 Å². The summed E-state index contributed by atoms with van der Waals surface area (Å²) in [6.07, 6.45) is 6.59. The smallest absolute Gasteiger partial charge is 0.123 e. The third-order valence-electron chi connectivity index (χ3n) is 3.83. The lowest BCUT2D eigenvalue weighted by Crippen LogP contribution is -2.07. The summed E-state index contributed by atoms with van der Waals surface area (Å²) in [7, 11) is 0. The number of aliphatic hydroxyl groups excluding tert-OH is 1. The van der Waals surface area contributed by atoms with Gasteiger partial charge in [-0.05, 0) is 24.1 Å². The Morgan fingerprint density at radius 3 is 2.50 bits per heavy atom. The fourth-order valence-electron chi connectivity index (χ4n) is 2.53. The van der Waals surface area contributed by atoms with Gasteiger partial charge in [0.1, 0.15) is 11.5 Å². The van der Waals surface area contributed by atoms with Crippen LogP contribution in [0.2, 0.25) is 0 Å². The van der Waals surface area contributed by atoms with E-state index in [4.69, 9.17) is 0 Å². The lowest BCUT2D eigenvalue weighted by atomic mass is 10.1. The number of nitrogens with zero attached hydrogens (tertiary/aromatic N) is 3. The van der Waals surface area contributed by atoms with Crippen molar-refractivity contribution >= 4 is 0 Å². The first kappa shape index (κ1) is 16.6. The van der Waals surface area contributed by atoms with E-state index in [1.807, 2.05) is 4.68 Å². The highest BCUT2D eigenvalue weighted by Crippen LogP contribution is 2.15. The van der Waals surface area contributed by atoms with Crippen molar-refractivity contribution in [3.63, 3.8) is 0 Å². The Balaban J connectivity index is 2.01. The predicted molar refractivity (Wildman–Crippen MR) is 83.9 cm³/mol. The van der Waals surface area contributed by atoms with Gasteiger partial charge in [0.05, 0.1) is 12.3 Å². The van der Waals surface area contributed by atoms with Crippen molar-refractivity contribution in [2.45, 2.75) is 58.6 Å². The minimum Gasteiger partial charge on any atom is -0.390 e. The summed E-state index contributed by atoms with van der Waals surface area (Å²) in [6, 6.07) is 6.42. The predicted octanol–water partition coefficient (Wildman–Crippen LogP) is 3.47. The van der Waals surface area contributed by atoms with Crippen LogP contribution in [0.5, 0.6) is 0 Å². The molecule has 1 N–H and O–H groups in total. The molecule has 0 aliphatic carbocycles. The normalized spacial score (nSPS) is 11.0. The van der Waals surface area contributed by atoms with Gasteiger partial charge in [0.2, 0.25) is 0 Å². The molecule has 0 atom stereocenters. The summed E-state index contributed by atoms with van der Waals surface area (Å²) in [6.45, 7) is 2.89. The average Bonchev–Trinajstić information content (AvgIpc) is 2.91. The van der Waals surface area contributed by atoms with Crippen LogP contribution in [0.3, 0.4) is 0 Å². The quantitative estimate of drug-likeness (QED) is 0.722. The van der Waals surface area contributed by atoms with Crippen LogP contribution in [0.25, 0.3) is 0 Å². The zero-order valence-corrected chi connectivity index (χ0v) is 13.1. The van der Waals surface area contributed by atoms with E-state index in [1.54, 1.807) is 12.1 Å². The second-order valence-electron chi connectivity index (χ2n) is 5.58. The highest BCUT2D eigenvalue weighted by atomic mass is 19.1. The van der Waals surface area contributed by atoms with Crippen molar-refractivity contribution in [1.29, 1.82) is 0 Å². The molecule has 2 rings (SSSR count). The van der Waals surface area contributed by atoms with E-state index in [2.05, 4.69) is 17.2 Å². The van der Waals surface area contributed by atoms with Gasteiger partial charge in [0.25, 0.3) is 0 Å². The summed E-state index contributed by atoms with van der Waals surface area (Å²) in [4.78, 5) is 0. The Hall–Kier alpha value is -1.75. The molecule has 0 saturated heterocycles. The van der Waals surface area contributed by atoms with Crippen molar-refractivity contribution in [3.8, 4) is 0 Å². The molecule has 0 radical (unpaired) electrons. The van der Waals surface area contributed by atoms with Crippen molar-refractivity contribution < 1.29 is 9.50 Å². The lowest BCUT2D eigenvalue weighted by Gasteiger charge is -2.08. The minimum atomic E-state index is -0.242. The summed E-state index contributed by atoms with van der Waals surface area (Å²) in [5.74, 6) is -0.242. The second-order valence-corrected chi connectivity index (χ2v) is 5.58. The zero-order valence-electron chi connectivity index (χ0n) is 13.1. The first-order valence-electron chi connectivity index (χ1n) is 8.01. The largest absolute Gasteiger partial charge is 0.390 e. The minimum absolute atomic E-state index is 0.119. The summed E-state index contributed by atoms with van der Waals surface area (Å²) < 4.78 is 14.9. The molecule has 1 aromatic heterocycles. The monoisotopic (exact) mass is 305 g/mol. The van der Waals surface area contributed by atoms with Gasteiger partial charge < -0.3 is 5.11 Å². The number of aliphatic hydroxyl groups is 1. The summed E-state index contributed by atoms with van der Waals surface area (Å²) in [5.41, 5.74) is 2.52. The second kappa shape index (κ2) is 8.63. The van der Waals surface area contributed by atoms with E-state index in [0.717, 1.165) is 24.2 Å². The van der Waals surface area contributed by atoms with Crippen LogP contribution in [-0.4, -0.2) is 20.1 Å². The average molecular weight is 305 g/mol. The Morgan fingerprint density at radius 2 is 1.82 bits per heavy atom. The zero-order chi connectivity index (χ0) is 15.8. The van der Waals surface area contributed by atoms with Crippen LogP contribution in [-0.2, 0) is 19.6 Å². The number of aryl methyl sites for hydroxylation is 1. The molecule has 5 heteroatoms. The maximum Gasteiger partial charge on any atom is 0.123 e. The van der Waals surface area contributed by atoms with Crippen LogP contribution in [0.4, 0.5) is 4.39 Å². The highest BCUT2D eigenvalue weighted by molar-refractivity contribution is 5.24. The molecule has 0 bridgehead atoms. The van der Waals surface area contributed by atoms with E-state index in [-0.39, 0.29) is 12.4 Å². The van der Waals surface area contributed by atoms with Gasteiger partial charge in [-0.25, -0.2) is 9.07 Å². The first-order chi connectivity index (χ1) is 10.7. The van der Waals surface area contributed by atoms with Crippen molar-refractivity contribution in [2.24, 2.45) is 0 Å². The third-order valence-corrected chi connectivity index (χ3v) is 3.83. The van der Waals surface area contributed by atoms with Crippen LogP contribution in [0.1, 0.15) is 56.0 Å². The molecule has 22 heavy (non-hydrogen) atoms. The maximum atomic E-state index is 13.0. The first-order valence-corrected chi connectivity index (χ1v) is 8.01. The van der Waals surface area contributed by atoms with Gasteiger partial charge in [-0.15, -0.1) is 5.10 Å². The topological polar surface area (TPSA) is 50.9 Å². The molecule has 1 aromatic carbocycles. The molecule has 0 aliphatic rings. The van der Waals surface area contributed by atoms with Crippen LogP contribution in [0, 0.1) is 5.82 Å². The van der Waals surface area contributed by atoms with E-state index in [1.165, 1.54) is 37.8 Å². The van der Waals surface area contributed by atoms with Gasteiger partial charge in [0, 0.05) is 13.0 Å². The van der Waals surface area contributed by atoms with E-state index in [0.29, 0.717) is 12.1 Å². The van der Waals surface area contributed by atoms with Gasteiger partial charge in [0.15, 0.2) is 0 Å². The molecular weight excluding hydrogens is 281 g/mol. The fraction of sp³-hybridized carbons (Fsp3) is 0.529. The van der Waals surface area contributed by atoms with Crippen molar-refractivity contribution in [1.82, 2.24) is 15.0 Å². The van der Waals surface area contributed by atoms with Gasteiger partial charge in [-0.3, -0.25) is 0 Å². The van der Waals surface area contributed by atoms with Gasteiger partial charge in [-0.2, -0.15) is 0 Å². The Morgan fingerprint density at radius 1 is 1.09 bits per heavy atom. The lowest BCUT2D eigenvalue weighted by molar-refractivity contribution is 0.275. The van der Waals surface area contributed by atoms with Crippen LogP contribution < -0.4 is 0 Å². The maximum absolute atomic E-state index is 13.0. The SMILES string of the molecule is CCCCCCCn1nnc(CO)c1Cc1ccc(F)cc1. The molecule has 0 spiro atoms. The molecular formula is C17H24FN3O. The third kappa shape index (κ3) is 4.63. The number of hydrogen-bond donors (Lipinski definition) is 1. The van der Waals surface area contributed by atoms with E-state index in [9.17, 15) is 9.50 Å². The van der Waals surface area contributed by atoms with Crippen molar-refractivity contribution in [3.05, 3.63) is 47.0 Å². The molecule has 1 heterocycles. The number of rotatable bonds is 9. The summed E-state index contributed by atoms with van der Waals surface area (Å²) in [5, 5.41) is 17.6. The number of aromatic nitrogens is 3. The Kier molecular flexibility index (Phi) is 6.52. The van der Waals surface area contributed by atoms with E-state index < -0.39 is 0 Å². The molecule has 4 nitrogen and oxygen atoms in total. The number of unbranched alkanes of at least 4 members (excludes halogenated alkanes) is 4. The molecule has 0 aliphatic heterocycles. The molecule has 0 saturated carbocycles. The Labute approximate surface area is 131 Å². The molecule has 0 fully saturated rings. The van der Waals surface area contributed by atoms with Crippen LogP contribution in [0.15, 0.2) is 24.3 Å². The number of halogens is 1. The standard InChI is InChI=1S/C17H24FN3O/c1-2-3-4-5-6-11-21-17(16(13-22)19-20-21)12-14-7-9-15(18)10-8-14/h7-10,22H,2-6,11-13H2,1H3. The van der Waals surface area contributed by atoms with Gasteiger partial charge >= 0.3 is 0 Å². The molecule has 0 amide bonds. The van der Waals surface area contributed by atoms with Gasteiger partial charge in [-0.1, -0.05) is 50.0 Å². The molecule has 0 unspecified atom stereocenters. The summed E-state index contributed by atoms with van der Waals surface area (Å²) >= 11 is 0.